The standard InChI is InChI=1S/C19H16N2O6S/c1-26-14-8-7-12(16(10-14)27-2)9-17-18(22)20(19(23)28-17)11-13-5-3-4-6-15(13)21(24)25/h3-10H,11H2,1-2H3/b17-9+. The van der Waals surface area contributed by atoms with Gasteiger partial charge in [0.1, 0.15) is 11.5 Å². The minimum Gasteiger partial charge on any atom is -0.497 e. The third-order valence-electron chi connectivity index (χ3n) is 4.12. The van der Waals surface area contributed by atoms with E-state index >= 15 is 0 Å². The van der Waals surface area contributed by atoms with Gasteiger partial charge >= 0.3 is 0 Å². The van der Waals surface area contributed by atoms with Gasteiger partial charge in [-0.1, -0.05) is 18.2 Å². The Kier molecular flexibility index (Phi) is 5.65. The fourth-order valence-electron chi connectivity index (χ4n) is 2.71. The molecule has 0 aromatic heterocycles. The van der Waals surface area contributed by atoms with Crippen LogP contribution >= 0.6 is 11.8 Å². The maximum atomic E-state index is 12.7. The molecule has 9 heteroatoms. The number of thioether (sulfide) groups is 1. The summed E-state index contributed by atoms with van der Waals surface area (Å²) >= 11 is 0.781. The number of methoxy groups -OCH3 is 2. The van der Waals surface area contributed by atoms with E-state index in [2.05, 4.69) is 0 Å². The van der Waals surface area contributed by atoms with Crippen LogP contribution in [0.3, 0.4) is 0 Å². The number of imide groups is 1. The van der Waals surface area contributed by atoms with E-state index in [1.165, 1.54) is 32.4 Å². The summed E-state index contributed by atoms with van der Waals surface area (Å²) in [7, 11) is 3.02. The van der Waals surface area contributed by atoms with Crippen molar-refractivity contribution >= 4 is 34.7 Å². The fourth-order valence-corrected chi connectivity index (χ4v) is 3.54. The van der Waals surface area contributed by atoms with E-state index in [-0.39, 0.29) is 22.7 Å². The van der Waals surface area contributed by atoms with Crippen LogP contribution in [0.5, 0.6) is 11.5 Å². The molecule has 1 fully saturated rings. The van der Waals surface area contributed by atoms with E-state index in [0.29, 0.717) is 17.1 Å². The number of benzene rings is 2. The van der Waals surface area contributed by atoms with Crippen molar-refractivity contribution < 1.29 is 24.0 Å². The third kappa shape index (κ3) is 3.84. The summed E-state index contributed by atoms with van der Waals surface area (Å²) in [6, 6.07) is 11.1. The predicted molar refractivity (Wildman–Crippen MR) is 104 cm³/mol. The van der Waals surface area contributed by atoms with Gasteiger partial charge in [-0.3, -0.25) is 24.6 Å². The maximum Gasteiger partial charge on any atom is 0.293 e. The lowest BCUT2D eigenvalue weighted by Crippen LogP contribution is -2.27. The predicted octanol–water partition coefficient (Wildman–Crippen LogP) is 3.85. The molecule has 0 radical (unpaired) electrons. The molecule has 1 aliphatic heterocycles. The molecule has 144 valence electrons. The van der Waals surface area contributed by atoms with Crippen LogP contribution in [0, 0.1) is 10.1 Å². The Bertz CT molecular complexity index is 988. The first-order valence-corrected chi connectivity index (χ1v) is 8.96. The fraction of sp³-hybridized carbons (Fsp3) is 0.158. The number of nitro groups is 1. The van der Waals surface area contributed by atoms with Gasteiger partial charge in [-0.2, -0.15) is 0 Å². The van der Waals surface area contributed by atoms with Crippen molar-refractivity contribution in [1.82, 2.24) is 4.90 Å². The second-order valence-corrected chi connectivity index (χ2v) is 6.75. The van der Waals surface area contributed by atoms with Crippen LogP contribution in [0.2, 0.25) is 0 Å². The molecule has 1 aliphatic rings. The lowest BCUT2D eigenvalue weighted by Gasteiger charge is -2.12. The van der Waals surface area contributed by atoms with Crippen molar-refractivity contribution in [2.24, 2.45) is 0 Å². The number of nitro benzene ring substituents is 1. The number of ether oxygens (including phenoxy) is 2. The highest BCUT2D eigenvalue weighted by atomic mass is 32.2. The van der Waals surface area contributed by atoms with Gasteiger partial charge in [-0.05, 0) is 30.0 Å². The first-order valence-electron chi connectivity index (χ1n) is 8.14. The normalized spacial score (nSPS) is 15.2. The lowest BCUT2D eigenvalue weighted by molar-refractivity contribution is -0.385. The number of hydrogen-bond donors (Lipinski definition) is 0. The molecule has 0 atom stereocenters. The topological polar surface area (TPSA) is 99.0 Å². The van der Waals surface area contributed by atoms with E-state index in [1.54, 1.807) is 30.3 Å². The average Bonchev–Trinajstić information content (AvgIpc) is 2.96. The molecular weight excluding hydrogens is 384 g/mol. The first kappa shape index (κ1) is 19.4. The zero-order valence-corrected chi connectivity index (χ0v) is 15.9. The minimum atomic E-state index is -0.535. The highest BCUT2D eigenvalue weighted by Gasteiger charge is 2.36. The number of hydrogen-bond acceptors (Lipinski definition) is 7. The molecule has 2 aromatic carbocycles. The van der Waals surface area contributed by atoms with Crippen molar-refractivity contribution in [3.63, 3.8) is 0 Å². The van der Waals surface area contributed by atoms with E-state index in [0.717, 1.165) is 16.7 Å². The number of carbonyl (C=O) groups excluding carboxylic acids is 2. The Hall–Kier alpha value is -3.33. The number of amides is 2. The molecule has 0 bridgehead atoms. The quantitative estimate of drug-likeness (QED) is 0.412. The summed E-state index contributed by atoms with van der Waals surface area (Å²) in [5, 5.41) is 10.7. The molecule has 0 spiro atoms. The molecule has 0 aliphatic carbocycles. The van der Waals surface area contributed by atoms with Gasteiger partial charge in [0.05, 0.1) is 30.6 Å². The van der Waals surface area contributed by atoms with Gasteiger partial charge in [0.25, 0.3) is 16.8 Å². The van der Waals surface area contributed by atoms with Crippen molar-refractivity contribution in [3.8, 4) is 11.5 Å². The molecule has 0 saturated carbocycles. The summed E-state index contributed by atoms with van der Waals surface area (Å²) in [5.74, 6) is 0.578. The van der Waals surface area contributed by atoms with Crippen LogP contribution in [-0.2, 0) is 11.3 Å². The Labute approximate surface area is 164 Å². The number of para-hydroxylation sites is 1. The van der Waals surface area contributed by atoms with E-state index in [4.69, 9.17) is 9.47 Å². The highest BCUT2D eigenvalue weighted by Crippen LogP contribution is 2.36. The average molecular weight is 400 g/mol. The van der Waals surface area contributed by atoms with E-state index in [1.807, 2.05) is 0 Å². The smallest absolute Gasteiger partial charge is 0.293 e. The van der Waals surface area contributed by atoms with Gasteiger partial charge in [0.2, 0.25) is 0 Å². The van der Waals surface area contributed by atoms with Crippen molar-refractivity contribution in [1.29, 1.82) is 0 Å². The van der Waals surface area contributed by atoms with E-state index in [9.17, 15) is 19.7 Å². The van der Waals surface area contributed by atoms with Crippen LogP contribution in [0.25, 0.3) is 6.08 Å². The number of nitrogens with zero attached hydrogens (tertiary/aromatic N) is 2. The number of rotatable bonds is 6. The van der Waals surface area contributed by atoms with Gasteiger partial charge in [0.15, 0.2) is 0 Å². The lowest BCUT2D eigenvalue weighted by atomic mass is 10.1. The molecule has 1 heterocycles. The molecule has 28 heavy (non-hydrogen) atoms. The monoisotopic (exact) mass is 400 g/mol. The van der Waals surface area contributed by atoms with Crippen molar-refractivity contribution in [3.05, 3.63) is 68.6 Å². The molecule has 2 aromatic rings. The van der Waals surface area contributed by atoms with E-state index < -0.39 is 16.1 Å². The SMILES string of the molecule is COc1ccc(/C=C2/SC(=O)N(Cc3ccccc3[N+](=O)[O-])C2=O)c(OC)c1. The van der Waals surface area contributed by atoms with Crippen LogP contribution in [0.15, 0.2) is 47.4 Å². The Morgan fingerprint density at radius 2 is 1.89 bits per heavy atom. The van der Waals surface area contributed by atoms with Crippen LogP contribution in [-0.4, -0.2) is 35.2 Å². The van der Waals surface area contributed by atoms with Gasteiger partial charge in [0, 0.05) is 23.3 Å². The number of carbonyl (C=O) groups is 2. The Morgan fingerprint density at radius 3 is 2.57 bits per heavy atom. The summed E-state index contributed by atoms with van der Waals surface area (Å²) in [5.41, 5.74) is 0.764. The Morgan fingerprint density at radius 1 is 1.14 bits per heavy atom. The minimum absolute atomic E-state index is 0.137. The van der Waals surface area contributed by atoms with Gasteiger partial charge in [-0.15, -0.1) is 0 Å². The highest BCUT2D eigenvalue weighted by molar-refractivity contribution is 8.18. The second kappa shape index (κ2) is 8.13. The van der Waals surface area contributed by atoms with Crippen molar-refractivity contribution in [2.45, 2.75) is 6.54 Å². The van der Waals surface area contributed by atoms with Gasteiger partial charge in [-0.25, -0.2) is 0 Å². The second-order valence-electron chi connectivity index (χ2n) is 5.76. The third-order valence-corrected chi connectivity index (χ3v) is 5.02. The maximum absolute atomic E-state index is 12.7. The molecule has 2 amide bonds. The van der Waals surface area contributed by atoms with Crippen molar-refractivity contribution in [2.75, 3.05) is 14.2 Å². The summed E-state index contributed by atoms with van der Waals surface area (Å²) in [6.07, 6.45) is 1.56. The summed E-state index contributed by atoms with van der Waals surface area (Å²) in [6.45, 7) is -0.168. The summed E-state index contributed by atoms with van der Waals surface area (Å²) in [4.78, 5) is 36.9. The molecule has 3 rings (SSSR count). The molecule has 1 saturated heterocycles. The zero-order valence-electron chi connectivity index (χ0n) is 15.1. The first-order chi connectivity index (χ1) is 13.4. The van der Waals surface area contributed by atoms with Crippen LogP contribution < -0.4 is 9.47 Å². The molecule has 8 nitrogen and oxygen atoms in total. The molecule has 0 unspecified atom stereocenters. The largest absolute Gasteiger partial charge is 0.497 e. The molecule has 0 N–H and O–H groups in total. The molecular formula is C19H16N2O6S. The van der Waals surface area contributed by atoms with Gasteiger partial charge < -0.3 is 9.47 Å². The Balaban J connectivity index is 1.88. The zero-order chi connectivity index (χ0) is 20.3. The van der Waals surface area contributed by atoms with Crippen LogP contribution in [0.1, 0.15) is 11.1 Å². The van der Waals surface area contributed by atoms with Crippen LogP contribution in [0.4, 0.5) is 10.5 Å². The summed E-state index contributed by atoms with van der Waals surface area (Å²) < 4.78 is 10.4.